The number of carbonyl (C=O) groups is 1. The Kier molecular flexibility index (Phi) is 3.94. The number of alkyl halides is 2. The summed E-state index contributed by atoms with van der Waals surface area (Å²) in [6, 6.07) is 14.3. The smallest absolute Gasteiger partial charge is 0.315 e. The Morgan fingerprint density at radius 2 is 1.65 bits per heavy atom. The van der Waals surface area contributed by atoms with E-state index in [4.69, 9.17) is 0 Å². The fourth-order valence-corrected chi connectivity index (χ4v) is 2.59. The Morgan fingerprint density at radius 3 is 2.30 bits per heavy atom. The number of benzene rings is 2. The van der Waals surface area contributed by atoms with E-state index in [0.717, 1.165) is 17.7 Å². The van der Waals surface area contributed by atoms with Gasteiger partial charge in [0, 0.05) is 12.2 Å². The third kappa shape index (κ3) is 3.13. The molecule has 0 bridgehead atoms. The van der Waals surface area contributed by atoms with Gasteiger partial charge >= 0.3 is 5.92 Å². The lowest BCUT2D eigenvalue weighted by atomic mass is 10.0. The molecule has 2 aromatic rings. The van der Waals surface area contributed by atoms with Crippen molar-refractivity contribution in [3.63, 3.8) is 0 Å². The number of halogens is 3. The van der Waals surface area contributed by atoms with Crippen LogP contribution in [0.25, 0.3) is 5.57 Å². The minimum absolute atomic E-state index is 0.0640. The Hall–Kier alpha value is -2.56. The van der Waals surface area contributed by atoms with E-state index in [1.807, 2.05) is 30.3 Å². The summed E-state index contributed by atoms with van der Waals surface area (Å²) < 4.78 is 40.7. The van der Waals surface area contributed by atoms with Crippen LogP contribution < -0.4 is 5.32 Å². The highest BCUT2D eigenvalue weighted by molar-refractivity contribution is 6.27. The number of nitrogens with one attached hydrogen (secondary N) is 1. The molecule has 0 aromatic heterocycles. The number of Topliss-reactive ketones (excluding diaryl/α,β-unsaturated/α-hetero) is 1. The van der Waals surface area contributed by atoms with Crippen molar-refractivity contribution in [2.24, 2.45) is 0 Å². The lowest BCUT2D eigenvalue weighted by molar-refractivity contribution is -0.134. The second-order valence-corrected chi connectivity index (χ2v) is 5.41. The molecular weight excluding hydrogens is 303 g/mol. The molecule has 0 aliphatic heterocycles. The van der Waals surface area contributed by atoms with Gasteiger partial charge in [0.15, 0.2) is 0 Å². The van der Waals surface area contributed by atoms with Crippen molar-refractivity contribution >= 4 is 11.4 Å². The second kappa shape index (κ2) is 5.91. The normalized spacial score (nSPS) is 16.7. The van der Waals surface area contributed by atoms with E-state index in [-0.39, 0.29) is 11.3 Å². The molecule has 0 saturated heterocycles. The lowest BCUT2D eigenvalue weighted by Gasteiger charge is -2.10. The maximum absolute atomic E-state index is 13.8. The summed E-state index contributed by atoms with van der Waals surface area (Å²) in [5, 5.41) is 2.93. The van der Waals surface area contributed by atoms with Crippen LogP contribution in [0.2, 0.25) is 0 Å². The predicted octanol–water partition coefficient (Wildman–Crippen LogP) is 3.93. The van der Waals surface area contributed by atoms with E-state index in [9.17, 15) is 18.0 Å². The highest BCUT2D eigenvalue weighted by Crippen LogP contribution is 2.39. The number of carbonyl (C=O) groups excluding carboxylic acids is 1. The highest BCUT2D eigenvalue weighted by atomic mass is 19.3. The van der Waals surface area contributed by atoms with Crippen molar-refractivity contribution in [2.45, 2.75) is 18.9 Å². The summed E-state index contributed by atoms with van der Waals surface area (Å²) in [4.78, 5) is 12.0. The van der Waals surface area contributed by atoms with E-state index >= 15 is 0 Å². The van der Waals surface area contributed by atoms with Gasteiger partial charge in [-0.15, -0.1) is 0 Å². The Labute approximate surface area is 131 Å². The number of hydrogen-bond acceptors (Lipinski definition) is 2. The molecule has 1 aliphatic rings. The molecule has 1 N–H and O–H groups in total. The molecule has 0 fully saturated rings. The largest absolute Gasteiger partial charge is 0.383 e. The molecule has 2 aromatic carbocycles. The minimum Gasteiger partial charge on any atom is -0.383 e. The second-order valence-electron chi connectivity index (χ2n) is 5.41. The first-order valence-electron chi connectivity index (χ1n) is 7.17. The van der Waals surface area contributed by atoms with Gasteiger partial charge in [-0.3, -0.25) is 4.79 Å². The molecule has 0 atom stereocenters. The van der Waals surface area contributed by atoms with Crippen LogP contribution in [0.3, 0.4) is 0 Å². The van der Waals surface area contributed by atoms with Gasteiger partial charge in [0.05, 0.1) is 12.0 Å². The zero-order valence-corrected chi connectivity index (χ0v) is 12.2. The van der Waals surface area contributed by atoms with Crippen molar-refractivity contribution in [1.29, 1.82) is 0 Å². The summed E-state index contributed by atoms with van der Waals surface area (Å²) in [5.74, 6) is -5.13. The van der Waals surface area contributed by atoms with Crippen LogP contribution >= 0.6 is 0 Å². The fraction of sp³-hybridized carbons (Fsp3) is 0.167. The summed E-state index contributed by atoms with van der Waals surface area (Å²) in [5.41, 5.74) is 1.34. The van der Waals surface area contributed by atoms with Gasteiger partial charge in [-0.2, -0.15) is 8.78 Å². The number of hydrogen-bond donors (Lipinski definition) is 1. The van der Waals surface area contributed by atoms with Crippen molar-refractivity contribution in [2.75, 3.05) is 0 Å². The maximum atomic E-state index is 13.8. The average Bonchev–Trinajstić information content (AvgIpc) is 2.77. The van der Waals surface area contributed by atoms with E-state index in [1.54, 1.807) is 0 Å². The molecular formula is C18H14F3NO. The van der Waals surface area contributed by atoms with E-state index in [0.29, 0.717) is 12.1 Å². The van der Waals surface area contributed by atoms with Crippen molar-refractivity contribution in [1.82, 2.24) is 5.32 Å². The molecule has 0 spiro atoms. The number of rotatable bonds is 4. The molecule has 0 unspecified atom stereocenters. The van der Waals surface area contributed by atoms with Crippen LogP contribution in [-0.4, -0.2) is 11.7 Å². The quantitative estimate of drug-likeness (QED) is 0.925. The Bertz CT molecular complexity index is 752. The zero-order valence-electron chi connectivity index (χ0n) is 12.2. The van der Waals surface area contributed by atoms with Crippen LogP contribution in [0.1, 0.15) is 17.5 Å². The topological polar surface area (TPSA) is 29.1 Å². The molecule has 23 heavy (non-hydrogen) atoms. The first-order valence-corrected chi connectivity index (χ1v) is 7.17. The predicted molar refractivity (Wildman–Crippen MR) is 81.2 cm³/mol. The third-order valence-electron chi connectivity index (χ3n) is 3.74. The summed E-state index contributed by atoms with van der Waals surface area (Å²) in [7, 11) is 0. The average molecular weight is 317 g/mol. The highest BCUT2D eigenvalue weighted by Gasteiger charge is 2.48. The summed E-state index contributed by atoms with van der Waals surface area (Å²) >= 11 is 0. The molecule has 1 aliphatic carbocycles. The lowest BCUT2D eigenvalue weighted by Crippen LogP contribution is -2.24. The molecule has 5 heteroatoms. The molecule has 0 heterocycles. The molecule has 2 nitrogen and oxygen atoms in total. The van der Waals surface area contributed by atoms with Crippen LogP contribution in [-0.2, 0) is 11.3 Å². The van der Waals surface area contributed by atoms with Crippen molar-refractivity contribution in [3.05, 3.63) is 77.2 Å². The van der Waals surface area contributed by atoms with Crippen LogP contribution in [0.15, 0.2) is 60.3 Å². The molecule has 0 amide bonds. The van der Waals surface area contributed by atoms with Crippen LogP contribution in [0, 0.1) is 5.82 Å². The fourth-order valence-electron chi connectivity index (χ4n) is 2.59. The van der Waals surface area contributed by atoms with E-state index in [2.05, 4.69) is 5.32 Å². The van der Waals surface area contributed by atoms with Crippen LogP contribution in [0.5, 0.6) is 0 Å². The van der Waals surface area contributed by atoms with Gasteiger partial charge in [0.25, 0.3) is 0 Å². The van der Waals surface area contributed by atoms with Gasteiger partial charge in [-0.05, 0) is 23.3 Å². The van der Waals surface area contributed by atoms with Crippen molar-refractivity contribution in [3.8, 4) is 0 Å². The van der Waals surface area contributed by atoms with Gasteiger partial charge in [0.1, 0.15) is 5.82 Å². The SMILES string of the molecule is O=C1C(c2ccc(F)cc2)=C(NCc2ccccc2)CC1(F)F. The molecule has 118 valence electrons. The third-order valence-corrected chi connectivity index (χ3v) is 3.74. The summed E-state index contributed by atoms with van der Waals surface area (Å²) in [6.07, 6.45) is -0.661. The van der Waals surface area contributed by atoms with E-state index in [1.165, 1.54) is 12.1 Å². The Balaban J connectivity index is 1.91. The minimum atomic E-state index is -3.43. The first-order chi connectivity index (χ1) is 11.0. The van der Waals surface area contributed by atoms with Gasteiger partial charge in [-0.1, -0.05) is 42.5 Å². The first kappa shape index (κ1) is 15.3. The van der Waals surface area contributed by atoms with Gasteiger partial charge < -0.3 is 5.32 Å². The molecule has 0 saturated carbocycles. The number of ketones is 1. The van der Waals surface area contributed by atoms with Crippen LogP contribution in [0.4, 0.5) is 13.2 Å². The Morgan fingerprint density at radius 1 is 1.00 bits per heavy atom. The molecule has 0 radical (unpaired) electrons. The van der Waals surface area contributed by atoms with E-state index < -0.39 is 23.9 Å². The molecule has 3 rings (SSSR count). The number of allylic oxidation sites excluding steroid dienone is 2. The summed E-state index contributed by atoms with van der Waals surface area (Å²) in [6.45, 7) is 0.338. The van der Waals surface area contributed by atoms with Gasteiger partial charge in [0.2, 0.25) is 5.78 Å². The monoisotopic (exact) mass is 317 g/mol. The maximum Gasteiger partial charge on any atom is 0.315 e. The standard InChI is InChI=1S/C18H14F3NO/c19-14-8-6-13(7-9-14)16-15(10-18(20,21)17(16)23)22-11-12-4-2-1-3-5-12/h1-9,22H,10-11H2. The zero-order chi connectivity index (χ0) is 16.4. The van der Waals surface area contributed by atoms with Gasteiger partial charge in [-0.25, -0.2) is 4.39 Å². The van der Waals surface area contributed by atoms with Crippen molar-refractivity contribution < 1.29 is 18.0 Å².